The monoisotopic (exact) mass is 195 g/mol. The molecule has 0 bridgehead atoms. The van der Waals surface area contributed by atoms with Gasteiger partial charge < -0.3 is 5.73 Å². The minimum atomic E-state index is -0.766. The van der Waals surface area contributed by atoms with Crippen LogP contribution in [0, 0.1) is 0 Å². The molecule has 1 rings (SSSR count). The number of carbonyl (C=O) groups is 1. The maximum atomic E-state index is 11.9. The van der Waals surface area contributed by atoms with Crippen molar-refractivity contribution in [2.75, 3.05) is 0 Å². The fourth-order valence-electron chi connectivity index (χ4n) is 1.50. The second-order valence-electron chi connectivity index (χ2n) is 3.90. The number of nitrogens with two attached hydrogens (primary N) is 1. The van der Waals surface area contributed by atoms with Crippen molar-refractivity contribution in [2.45, 2.75) is 32.2 Å². The Morgan fingerprint density at radius 3 is 2.79 bits per heavy atom. The molecule has 1 atom stereocenters. The van der Waals surface area contributed by atoms with Crippen molar-refractivity contribution in [3.63, 3.8) is 0 Å². The molecule has 0 aliphatic heterocycles. The quantitative estimate of drug-likeness (QED) is 0.732. The van der Waals surface area contributed by atoms with Crippen molar-refractivity contribution < 1.29 is 4.79 Å². The highest BCUT2D eigenvalue weighted by Gasteiger charge is 2.28. The Bertz CT molecular complexity index is 328. The lowest BCUT2D eigenvalue weighted by atomic mass is 9.89. The molecule has 0 amide bonds. The van der Waals surface area contributed by atoms with E-state index in [2.05, 4.69) is 5.10 Å². The average Bonchev–Trinajstić information content (AvgIpc) is 2.50. The van der Waals surface area contributed by atoms with Crippen LogP contribution in [0.15, 0.2) is 12.4 Å². The highest BCUT2D eigenvalue weighted by atomic mass is 16.1. The Hall–Kier alpha value is -1.16. The highest BCUT2D eigenvalue weighted by molar-refractivity contribution is 6.02. The maximum Gasteiger partial charge on any atom is 0.185 e. The second-order valence-corrected chi connectivity index (χ2v) is 3.90. The third-order valence-corrected chi connectivity index (χ3v) is 2.26. The summed E-state index contributed by atoms with van der Waals surface area (Å²) < 4.78 is 1.61. The predicted molar refractivity (Wildman–Crippen MR) is 55.0 cm³/mol. The van der Waals surface area contributed by atoms with E-state index >= 15 is 0 Å². The van der Waals surface area contributed by atoms with E-state index in [4.69, 9.17) is 5.73 Å². The lowest BCUT2D eigenvalue weighted by molar-refractivity contribution is 0.0893. The number of aromatic nitrogens is 2. The van der Waals surface area contributed by atoms with Crippen LogP contribution in [0.5, 0.6) is 0 Å². The fraction of sp³-hybridized carbons (Fsp3) is 0.600. The fourth-order valence-corrected chi connectivity index (χ4v) is 1.50. The molecule has 0 radical (unpaired) electrons. The number of nitrogens with zero attached hydrogens (tertiary/aromatic N) is 2. The van der Waals surface area contributed by atoms with Crippen molar-refractivity contribution in [3.05, 3.63) is 18.0 Å². The van der Waals surface area contributed by atoms with Gasteiger partial charge in [-0.1, -0.05) is 13.3 Å². The van der Waals surface area contributed by atoms with Gasteiger partial charge in [0.05, 0.1) is 17.3 Å². The third kappa shape index (κ3) is 2.20. The van der Waals surface area contributed by atoms with Crippen LogP contribution in [0.25, 0.3) is 0 Å². The molecule has 0 saturated heterocycles. The summed E-state index contributed by atoms with van der Waals surface area (Å²) in [6.07, 6.45) is 4.85. The van der Waals surface area contributed by atoms with Crippen LogP contribution in [0.3, 0.4) is 0 Å². The zero-order chi connectivity index (χ0) is 10.8. The van der Waals surface area contributed by atoms with Crippen LogP contribution in [-0.4, -0.2) is 21.1 Å². The van der Waals surface area contributed by atoms with E-state index in [0.29, 0.717) is 12.0 Å². The molecule has 0 aliphatic carbocycles. The van der Waals surface area contributed by atoms with E-state index in [0.717, 1.165) is 6.42 Å². The molecule has 2 N–H and O–H groups in total. The molecule has 0 saturated carbocycles. The summed E-state index contributed by atoms with van der Waals surface area (Å²) in [4.78, 5) is 11.9. The second kappa shape index (κ2) is 3.92. The Labute approximate surface area is 84.1 Å². The van der Waals surface area contributed by atoms with Gasteiger partial charge >= 0.3 is 0 Å². The number of ketones is 1. The van der Waals surface area contributed by atoms with Gasteiger partial charge in [0, 0.05) is 13.2 Å². The summed E-state index contributed by atoms with van der Waals surface area (Å²) in [5.74, 6) is -0.0348. The first-order valence-corrected chi connectivity index (χ1v) is 4.79. The molecular formula is C10H17N3O. The summed E-state index contributed by atoms with van der Waals surface area (Å²) in [7, 11) is 1.78. The smallest absolute Gasteiger partial charge is 0.185 e. The third-order valence-electron chi connectivity index (χ3n) is 2.26. The first kappa shape index (κ1) is 10.9. The van der Waals surface area contributed by atoms with E-state index < -0.39 is 5.54 Å². The first-order valence-electron chi connectivity index (χ1n) is 4.79. The Morgan fingerprint density at radius 1 is 1.71 bits per heavy atom. The van der Waals surface area contributed by atoms with Crippen molar-refractivity contribution >= 4 is 5.78 Å². The van der Waals surface area contributed by atoms with Gasteiger partial charge in [0.25, 0.3) is 0 Å². The van der Waals surface area contributed by atoms with Crippen LogP contribution >= 0.6 is 0 Å². The van der Waals surface area contributed by atoms with Crippen LogP contribution < -0.4 is 5.73 Å². The number of hydrogen-bond donors (Lipinski definition) is 1. The van der Waals surface area contributed by atoms with Gasteiger partial charge in [-0.2, -0.15) is 5.10 Å². The molecule has 78 valence electrons. The van der Waals surface area contributed by atoms with Crippen molar-refractivity contribution in [1.82, 2.24) is 9.78 Å². The lowest BCUT2D eigenvalue weighted by Crippen LogP contribution is -2.44. The number of Topliss-reactive ketones (excluding diaryl/α,β-unsaturated/α-hetero) is 1. The zero-order valence-electron chi connectivity index (χ0n) is 8.95. The SMILES string of the molecule is CCCC(C)(N)C(=O)c1cnn(C)c1. The Balaban J connectivity index is 2.84. The van der Waals surface area contributed by atoms with E-state index in [9.17, 15) is 4.79 Å². The molecule has 4 heteroatoms. The summed E-state index contributed by atoms with van der Waals surface area (Å²) in [6, 6.07) is 0. The van der Waals surface area contributed by atoms with Crippen molar-refractivity contribution in [1.29, 1.82) is 0 Å². The lowest BCUT2D eigenvalue weighted by Gasteiger charge is -2.21. The summed E-state index contributed by atoms with van der Waals surface area (Å²) >= 11 is 0. The van der Waals surface area contributed by atoms with Crippen LogP contribution in [0.1, 0.15) is 37.0 Å². The van der Waals surface area contributed by atoms with Gasteiger partial charge in [0.1, 0.15) is 0 Å². The number of hydrogen-bond acceptors (Lipinski definition) is 3. The standard InChI is InChI=1S/C10H17N3O/c1-4-5-10(2,11)9(14)8-6-12-13(3)7-8/h6-7H,4-5,11H2,1-3H3. The summed E-state index contributed by atoms with van der Waals surface area (Å²) in [5, 5.41) is 3.95. The molecule has 14 heavy (non-hydrogen) atoms. The Kier molecular flexibility index (Phi) is 3.06. The van der Waals surface area contributed by atoms with Gasteiger partial charge in [-0.25, -0.2) is 0 Å². The molecule has 0 spiro atoms. The first-order chi connectivity index (χ1) is 6.47. The van der Waals surface area contributed by atoms with Gasteiger partial charge in [0.2, 0.25) is 0 Å². The maximum absolute atomic E-state index is 11.9. The van der Waals surface area contributed by atoms with Crippen molar-refractivity contribution in [2.24, 2.45) is 12.8 Å². The molecular weight excluding hydrogens is 178 g/mol. The molecule has 0 aromatic carbocycles. The number of aryl methyl sites for hydroxylation is 1. The van der Waals surface area contributed by atoms with Gasteiger partial charge in [-0.3, -0.25) is 9.48 Å². The average molecular weight is 195 g/mol. The van der Waals surface area contributed by atoms with Crippen molar-refractivity contribution in [3.8, 4) is 0 Å². The van der Waals surface area contributed by atoms with E-state index in [1.54, 1.807) is 31.0 Å². The van der Waals surface area contributed by atoms with Gasteiger partial charge in [0.15, 0.2) is 5.78 Å². The minimum Gasteiger partial charge on any atom is -0.319 e. The van der Waals surface area contributed by atoms with E-state index in [-0.39, 0.29) is 5.78 Å². The summed E-state index contributed by atoms with van der Waals surface area (Å²) in [5.41, 5.74) is 5.75. The molecule has 4 nitrogen and oxygen atoms in total. The van der Waals surface area contributed by atoms with E-state index in [1.807, 2.05) is 6.92 Å². The normalized spacial score (nSPS) is 15.1. The molecule has 1 unspecified atom stereocenters. The largest absolute Gasteiger partial charge is 0.319 e. The van der Waals surface area contributed by atoms with Gasteiger partial charge in [-0.05, 0) is 13.3 Å². The molecule has 0 aliphatic rings. The molecule has 1 heterocycles. The van der Waals surface area contributed by atoms with E-state index in [1.165, 1.54) is 0 Å². The highest BCUT2D eigenvalue weighted by Crippen LogP contribution is 2.15. The molecule has 0 fully saturated rings. The Morgan fingerprint density at radius 2 is 2.36 bits per heavy atom. The van der Waals surface area contributed by atoms with Crippen LogP contribution in [0.4, 0.5) is 0 Å². The summed E-state index contributed by atoms with van der Waals surface area (Å²) in [6.45, 7) is 3.79. The van der Waals surface area contributed by atoms with Gasteiger partial charge in [-0.15, -0.1) is 0 Å². The number of carbonyl (C=O) groups excluding carboxylic acids is 1. The van der Waals surface area contributed by atoms with Crippen LogP contribution in [-0.2, 0) is 7.05 Å². The number of rotatable bonds is 4. The molecule has 1 aromatic rings. The molecule has 1 aromatic heterocycles. The minimum absolute atomic E-state index is 0.0348. The predicted octanol–water partition coefficient (Wildman–Crippen LogP) is 1.12. The van der Waals surface area contributed by atoms with Crippen LogP contribution in [0.2, 0.25) is 0 Å². The zero-order valence-corrected chi connectivity index (χ0v) is 8.95. The topological polar surface area (TPSA) is 60.9 Å².